The van der Waals surface area contributed by atoms with E-state index in [1.807, 2.05) is 13.8 Å². The van der Waals surface area contributed by atoms with Crippen LogP contribution in [0.25, 0.3) is 0 Å². The van der Waals surface area contributed by atoms with Crippen molar-refractivity contribution in [3.05, 3.63) is 35.1 Å². The van der Waals surface area contributed by atoms with Crippen LogP contribution in [-0.4, -0.2) is 11.9 Å². The maximum atomic E-state index is 13.3. The summed E-state index contributed by atoms with van der Waals surface area (Å²) in [6.45, 7) is 5.94. The first kappa shape index (κ1) is 14.6. The number of nitrogens with one attached hydrogen (secondary N) is 1. The predicted molar refractivity (Wildman–Crippen MR) is 70.4 cm³/mol. The smallest absolute Gasteiger partial charge is 0.237 e. The normalized spacial score (nSPS) is 14.1. The topological polar surface area (TPSA) is 55.1 Å². The third kappa shape index (κ3) is 3.81. The van der Waals surface area contributed by atoms with Crippen LogP contribution in [-0.2, 0) is 11.3 Å². The first-order chi connectivity index (χ1) is 8.45. The highest BCUT2D eigenvalue weighted by atomic mass is 19.1. The Bertz CT molecular complexity index is 420. The Morgan fingerprint density at radius 3 is 2.72 bits per heavy atom. The van der Waals surface area contributed by atoms with Crippen LogP contribution in [0.3, 0.4) is 0 Å². The van der Waals surface area contributed by atoms with Gasteiger partial charge in [-0.05, 0) is 30.0 Å². The Morgan fingerprint density at radius 1 is 1.50 bits per heavy atom. The van der Waals surface area contributed by atoms with E-state index in [2.05, 4.69) is 5.32 Å². The standard InChI is InChI=1S/C14H21FN2O/c1-4-9(2)13(16)14(18)17-8-11-6-5-10(3)12(15)7-11/h5-7,9,13H,4,8,16H2,1-3H3,(H,17,18)/t9-,13-/m0/s1. The van der Waals surface area contributed by atoms with Crippen LogP contribution in [0.5, 0.6) is 0 Å². The van der Waals surface area contributed by atoms with Crippen molar-refractivity contribution in [3.63, 3.8) is 0 Å². The van der Waals surface area contributed by atoms with Crippen molar-refractivity contribution < 1.29 is 9.18 Å². The van der Waals surface area contributed by atoms with Gasteiger partial charge in [0.1, 0.15) is 5.82 Å². The highest BCUT2D eigenvalue weighted by Crippen LogP contribution is 2.09. The summed E-state index contributed by atoms with van der Waals surface area (Å²) < 4.78 is 13.3. The number of carbonyl (C=O) groups is 1. The Kier molecular flexibility index (Phi) is 5.28. The molecule has 1 amide bonds. The molecule has 18 heavy (non-hydrogen) atoms. The summed E-state index contributed by atoms with van der Waals surface area (Å²) in [4.78, 5) is 11.7. The molecular weight excluding hydrogens is 231 g/mol. The molecule has 0 aliphatic rings. The summed E-state index contributed by atoms with van der Waals surface area (Å²) in [5.74, 6) is -0.307. The summed E-state index contributed by atoms with van der Waals surface area (Å²) in [6.07, 6.45) is 0.855. The molecule has 1 aromatic carbocycles. The zero-order valence-corrected chi connectivity index (χ0v) is 11.2. The van der Waals surface area contributed by atoms with E-state index < -0.39 is 6.04 Å². The number of nitrogens with two attached hydrogens (primary N) is 1. The number of hydrogen-bond donors (Lipinski definition) is 2. The second-order valence-electron chi connectivity index (χ2n) is 4.71. The van der Waals surface area contributed by atoms with Gasteiger partial charge < -0.3 is 11.1 Å². The van der Waals surface area contributed by atoms with E-state index in [9.17, 15) is 9.18 Å². The molecule has 1 aromatic rings. The van der Waals surface area contributed by atoms with Gasteiger partial charge in [-0.2, -0.15) is 0 Å². The molecule has 0 spiro atoms. The Morgan fingerprint density at radius 2 is 2.17 bits per heavy atom. The van der Waals surface area contributed by atoms with E-state index in [1.54, 1.807) is 19.1 Å². The van der Waals surface area contributed by atoms with Crippen LogP contribution in [0.1, 0.15) is 31.4 Å². The predicted octanol–water partition coefficient (Wildman–Crippen LogP) is 2.12. The molecule has 2 atom stereocenters. The van der Waals surface area contributed by atoms with E-state index in [0.717, 1.165) is 12.0 Å². The van der Waals surface area contributed by atoms with Gasteiger partial charge >= 0.3 is 0 Å². The maximum Gasteiger partial charge on any atom is 0.237 e. The minimum absolute atomic E-state index is 0.139. The molecule has 0 fully saturated rings. The molecule has 0 heterocycles. The van der Waals surface area contributed by atoms with Crippen LogP contribution < -0.4 is 11.1 Å². The average molecular weight is 252 g/mol. The SMILES string of the molecule is CC[C@H](C)[C@H](N)C(=O)NCc1ccc(C)c(F)c1. The molecular formula is C14H21FN2O. The average Bonchev–Trinajstić information content (AvgIpc) is 2.37. The second kappa shape index (κ2) is 6.50. The van der Waals surface area contributed by atoms with E-state index in [4.69, 9.17) is 5.73 Å². The monoisotopic (exact) mass is 252 g/mol. The summed E-state index contributed by atoms with van der Waals surface area (Å²) in [5, 5.41) is 2.73. The van der Waals surface area contributed by atoms with Gasteiger partial charge in [0.15, 0.2) is 0 Å². The van der Waals surface area contributed by atoms with Crippen LogP contribution in [0.2, 0.25) is 0 Å². The van der Waals surface area contributed by atoms with Crippen molar-refractivity contribution in [2.75, 3.05) is 0 Å². The Labute approximate surface area is 108 Å². The van der Waals surface area contributed by atoms with Gasteiger partial charge in [-0.15, -0.1) is 0 Å². The molecule has 3 nitrogen and oxygen atoms in total. The van der Waals surface area contributed by atoms with Crippen LogP contribution in [0, 0.1) is 18.7 Å². The fraction of sp³-hybridized carbons (Fsp3) is 0.500. The van der Waals surface area contributed by atoms with Crippen LogP contribution in [0.4, 0.5) is 4.39 Å². The molecule has 0 saturated heterocycles. The number of halogens is 1. The summed E-state index contributed by atoms with van der Waals surface area (Å²) in [7, 11) is 0. The second-order valence-corrected chi connectivity index (χ2v) is 4.71. The van der Waals surface area contributed by atoms with Gasteiger partial charge in [0.05, 0.1) is 6.04 Å². The number of benzene rings is 1. The first-order valence-corrected chi connectivity index (χ1v) is 6.24. The van der Waals surface area contributed by atoms with Gasteiger partial charge in [-0.25, -0.2) is 4.39 Å². The lowest BCUT2D eigenvalue weighted by Crippen LogP contribution is -2.44. The van der Waals surface area contributed by atoms with Crippen LogP contribution in [0.15, 0.2) is 18.2 Å². The van der Waals surface area contributed by atoms with Gasteiger partial charge in [-0.1, -0.05) is 32.4 Å². The molecule has 4 heteroatoms. The summed E-state index contributed by atoms with van der Waals surface area (Å²) in [5.41, 5.74) is 7.14. The van der Waals surface area contributed by atoms with Gasteiger partial charge in [0.25, 0.3) is 0 Å². The number of rotatable bonds is 5. The Hall–Kier alpha value is -1.42. The van der Waals surface area contributed by atoms with Crippen molar-refractivity contribution in [1.82, 2.24) is 5.32 Å². The van der Waals surface area contributed by atoms with Crippen molar-refractivity contribution in [1.29, 1.82) is 0 Å². The maximum absolute atomic E-state index is 13.3. The largest absolute Gasteiger partial charge is 0.351 e. The fourth-order valence-corrected chi connectivity index (χ4v) is 1.57. The van der Waals surface area contributed by atoms with E-state index in [-0.39, 0.29) is 17.6 Å². The molecule has 100 valence electrons. The lowest BCUT2D eigenvalue weighted by atomic mass is 9.99. The minimum Gasteiger partial charge on any atom is -0.351 e. The zero-order valence-electron chi connectivity index (χ0n) is 11.2. The third-order valence-corrected chi connectivity index (χ3v) is 3.26. The number of amides is 1. The highest BCUT2D eigenvalue weighted by molar-refractivity contribution is 5.81. The van der Waals surface area contributed by atoms with E-state index in [1.165, 1.54) is 6.07 Å². The lowest BCUT2D eigenvalue weighted by molar-refractivity contribution is -0.123. The molecule has 0 aliphatic carbocycles. The van der Waals surface area contributed by atoms with Crippen LogP contribution >= 0.6 is 0 Å². The van der Waals surface area contributed by atoms with E-state index >= 15 is 0 Å². The van der Waals surface area contributed by atoms with Gasteiger partial charge in [0, 0.05) is 6.54 Å². The minimum atomic E-state index is -0.509. The number of aryl methyl sites for hydroxylation is 1. The van der Waals surface area contributed by atoms with Crippen molar-refractivity contribution in [2.45, 2.75) is 39.8 Å². The highest BCUT2D eigenvalue weighted by Gasteiger charge is 2.18. The molecule has 0 aromatic heterocycles. The quantitative estimate of drug-likeness (QED) is 0.843. The molecule has 3 N–H and O–H groups in total. The molecule has 0 saturated carbocycles. The number of hydrogen-bond acceptors (Lipinski definition) is 2. The van der Waals surface area contributed by atoms with Gasteiger partial charge in [0.2, 0.25) is 5.91 Å². The first-order valence-electron chi connectivity index (χ1n) is 6.24. The Balaban J connectivity index is 2.54. The zero-order chi connectivity index (χ0) is 13.7. The summed E-state index contributed by atoms with van der Waals surface area (Å²) >= 11 is 0. The molecule has 1 rings (SSSR count). The number of carbonyl (C=O) groups excluding carboxylic acids is 1. The van der Waals surface area contributed by atoms with Crippen molar-refractivity contribution in [3.8, 4) is 0 Å². The van der Waals surface area contributed by atoms with Crippen molar-refractivity contribution in [2.24, 2.45) is 11.7 Å². The molecule has 0 unspecified atom stereocenters. The lowest BCUT2D eigenvalue weighted by Gasteiger charge is -2.17. The fourth-order valence-electron chi connectivity index (χ4n) is 1.57. The summed E-state index contributed by atoms with van der Waals surface area (Å²) in [6, 6.07) is 4.42. The van der Waals surface area contributed by atoms with Crippen molar-refractivity contribution >= 4 is 5.91 Å². The van der Waals surface area contributed by atoms with E-state index in [0.29, 0.717) is 12.1 Å². The molecule has 0 radical (unpaired) electrons. The molecule has 0 bridgehead atoms. The van der Waals surface area contributed by atoms with Gasteiger partial charge in [-0.3, -0.25) is 4.79 Å². The molecule has 0 aliphatic heterocycles. The third-order valence-electron chi connectivity index (χ3n) is 3.26.